The Labute approximate surface area is 300 Å². The Balaban J connectivity index is 1.16. The van der Waals surface area contributed by atoms with Gasteiger partial charge in [0.05, 0.1) is 27.8 Å². The van der Waals surface area contributed by atoms with Crippen LogP contribution >= 0.6 is 0 Å². The molecule has 246 valence electrons. The lowest BCUT2D eigenvalue weighted by molar-refractivity contribution is 0.591. The number of para-hydroxylation sites is 5. The maximum atomic E-state index is 6.59. The molecular weight excluding hydrogens is 635 g/mol. The van der Waals surface area contributed by atoms with E-state index in [1.54, 1.807) is 0 Å². The van der Waals surface area contributed by atoms with Crippen LogP contribution in [0.3, 0.4) is 0 Å². The average Bonchev–Trinajstić information content (AvgIpc) is 3.84. The van der Waals surface area contributed by atoms with Crippen molar-refractivity contribution < 1.29 is 4.42 Å². The third kappa shape index (κ3) is 4.15. The smallest absolute Gasteiger partial charge is 0.154 e. The Morgan fingerprint density at radius 3 is 1.87 bits per heavy atom. The zero-order valence-corrected chi connectivity index (χ0v) is 28.5. The van der Waals surface area contributed by atoms with Crippen LogP contribution in [0.15, 0.2) is 175 Å². The summed E-state index contributed by atoms with van der Waals surface area (Å²) in [5, 5.41) is 6.08. The number of hydrogen-bond acceptors (Lipinski definition) is 2. The molecule has 0 spiro atoms. The first kappa shape index (κ1) is 29.0. The van der Waals surface area contributed by atoms with E-state index in [1.165, 1.54) is 43.7 Å². The summed E-state index contributed by atoms with van der Waals surface area (Å²) in [5.41, 5.74) is 13.4. The monoisotopic (exact) mass is 667 g/mol. The van der Waals surface area contributed by atoms with E-state index in [0.29, 0.717) is 0 Å². The highest BCUT2D eigenvalue weighted by Crippen LogP contribution is 2.44. The highest BCUT2D eigenvalue weighted by atomic mass is 16.3. The molecule has 0 saturated heterocycles. The third-order valence-corrected chi connectivity index (χ3v) is 11.0. The van der Waals surface area contributed by atoms with Crippen molar-refractivity contribution in [3.05, 3.63) is 187 Å². The van der Waals surface area contributed by atoms with Crippen molar-refractivity contribution in [1.82, 2.24) is 9.13 Å². The van der Waals surface area contributed by atoms with E-state index >= 15 is 0 Å². The second-order valence-corrected chi connectivity index (χ2v) is 13.8. The molecule has 4 heteroatoms. The van der Waals surface area contributed by atoms with Crippen molar-refractivity contribution in [3.8, 4) is 11.4 Å². The SMILES string of the molecule is C=C1c2oc3ccccc3c2CCc2ccccc2N1c1ccc2c3cc(-n4c5ccccc5c5ccccc54)ccc3n(-c3ccccc3)c2c1. The van der Waals surface area contributed by atoms with Crippen LogP contribution in [0, 0.1) is 0 Å². The van der Waals surface area contributed by atoms with Gasteiger partial charge in [-0.25, -0.2) is 0 Å². The number of anilines is 2. The van der Waals surface area contributed by atoms with E-state index in [2.05, 4.69) is 172 Å². The minimum absolute atomic E-state index is 0.841. The minimum Gasteiger partial charge on any atom is -0.454 e. The predicted octanol–water partition coefficient (Wildman–Crippen LogP) is 12.5. The van der Waals surface area contributed by atoms with Gasteiger partial charge in [0.2, 0.25) is 0 Å². The van der Waals surface area contributed by atoms with E-state index in [-0.39, 0.29) is 0 Å². The average molecular weight is 668 g/mol. The lowest BCUT2D eigenvalue weighted by Gasteiger charge is -2.30. The van der Waals surface area contributed by atoms with E-state index in [9.17, 15) is 0 Å². The highest BCUT2D eigenvalue weighted by molar-refractivity contribution is 6.13. The molecule has 0 aliphatic carbocycles. The Bertz CT molecular complexity index is 3000. The second-order valence-electron chi connectivity index (χ2n) is 13.8. The summed E-state index contributed by atoms with van der Waals surface area (Å²) < 4.78 is 11.4. The first-order valence-electron chi connectivity index (χ1n) is 17.9. The molecule has 3 aromatic heterocycles. The van der Waals surface area contributed by atoms with Crippen LogP contribution < -0.4 is 4.90 Å². The van der Waals surface area contributed by atoms with Crippen LogP contribution in [0.4, 0.5) is 11.4 Å². The number of hydrogen-bond donors (Lipinski definition) is 0. The molecule has 0 N–H and O–H groups in total. The van der Waals surface area contributed by atoms with Gasteiger partial charge in [0.15, 0.2) is 5.76 Å². The number of aromatic nitrogens is 2. The van der Waals surface area contributed by atoms with Gasteiger partial charge in [0.25, 0.3) is 0 Å². The molecule has 11 rings (SSSR count). The van der Waals surface area contributed by atoms with Crippen LogP contribution in [-0.4, -0.2) is 9.13 Å². The van der Waals surface area contributed by atoms with Gasteiger partial charge >= 0.3 is 0 Å². The summed E-state index contributed by atoms with van der Waals surface area (Å²) >= 11 is 0. The number of nitrogens with zero attached hydrogens (tertiary/aromatic N) is 3. The first-order valence-corrected chi connectivity index (χ1v) is 17.9. The summed E-state index contributed by atoms with van der Waals surface area (Å²) in [6.45, 7) is 4.72. The molecule has 52 heavy (non-hydrogen) atoms. The van der Waals surface area contributed by atoms with Crippen LogP contribution in [0.5, 0.6) is 0 Å². The molecule has 1 aliphatic rings. The van der Waals surface area contributed by atoms with Crippen LogP contribution in [0.2, 0.25) is 0 Å². The molecule has 0 fully saturated rings. The van der Waals surface area contributed by atoms with Crippen molar-refractivity contribution in [3.63, 3.8) is 0 Å². The Morgan fingerprint density at radius 2 is 1.06 bits per heavy atom. The molecule has 1 aliphatic heterocycles. The van der Waals surface area contributed by atoms with Gasteiger partial charge in [0.1, 0.15) is 5.58 Å². The van der Waals surface area contributed by atoms with Gasteiger partial charge in [-0.1, -0.05) is 104 Å². The third-order valence-electron chi connectivity index (χ3n) is 11.0. The zero-order chi connectivity index (χ0) is 34.3. The van der Waals surface area contributed by atoms with Crippen LogP contribution in [0.25, 0.3) is 71.7 Å². The fourth-order valence-electron chi connectivity index (χ4n) is 8.65. The summed E-state index contributed by atoms with van der Waals surface area (Å²) in [6, 6.07) is 58.9. The maximum Gasteiger partial charge on any atom is 0.154 e. The standard InChI is InChI=1S/C48H33N3O/c1-31-48-40(39-18-8-12-22-47(39)52-48)26-23-32-13-5-9-19-42(32)49(31)35-24-27-38-41-29-34(25-28-45(41)50(46(38)30-35)33-14-3-2-4-15-33)51-43-20-10-6-16-36(43)37-17-7-11-21-44(37)51/h2-22,24-25,27-30H,1,23,26H2. The summed E-state index contributed by atoms with van der Waals surface area (Å²) in [4.78, 5) is 2.30. The van der Waals surface area contributed by atoms with E-state index < -0.39 is 0 Å². The molecule has 0 saturated carbocycles. The lowest BCUT2D eigenvalue weighted by Crippen LogP contribution is -2.19. The number of rotatable bonds is 3. The number of aryl methyl sites for hydroxylation is 2. The van der Waals surface area contributed by atoms with Gasteiger partial charge in [0, 0.05) is 55.2 Å². The fourth-order valence-corrected chi connectivity index (χ4v) is 8.65. The molecule has 0 amide bonds. The highest BCUT2D eigenvalue weighted by Gasteiger charge is 2.27. The van der Waals surface area contributed by atoms with Gasteiger partial charge in [-0.05, 0) is 85.1 Å². The summed E-state index contributed by atoms with van der Waals surface area (Å²) in [6.07, 6.45) is 1.81. The van der Waals surface area contributed by atoms with Crippen molar-refractivity contribution in [2.45, 2.75) is 12.8 Å². The molecule has 4 nitrogen and oxygen atoms in total. The molecule has 0 radical (unpaired) electrons. The molecule has 0 unspecified atom stereocenters. The van der Waals surface area contributed by atoms with Crippen molar-refractivity contribution in [1.29, 1.82) is 0 Å². The molecule has 10 aromatic rings. The number of fused-ring (bicyclic) bond motifs is 10. The van der Waals surface area contributed by atoms with Gasteiger partial charge in [-0.2, -0.15) is 0 Å². The Kier molecular flexibility index (Phi) is 6.20. The van der Waals surface area contributed by atoms with E-state index in [0.717, 1.165) is 69.1 Å². The van der Waals surface area contributed by atoms with Crippen molar-refractivity contribution >= 4 is 71.7 Å². The largest absolute Gasteiger partial charge is 0.454 e. The quantitative estimate of drug-likeness (QED) is 0.187. The lowest BCUT2D eigenvalue weighted by atomic mass is 9.96. The van der Waals surface area contributed by atoms with E-state index in [4.69, 9.17) is 11.0 Å². The van der Waals surface area contributed by atoms with Crippen LogP contribution in [-0.2, 0) is 12.8 Å². The minimum atomic E-state index is 0.841. The van der Waals surface area contributed by atoms with Crippen LogP contribution in [0.1, 0.15) is 16.9 Å². The number of benzene rings is 7. The topological polar surface area (TPSA) is 26.2 Å². The normalized spacial score (nSPS) is 13.2. The van der Waals surface area contributed by atoms with Gasteiger partial charge in [-0.3, -0.25) is 0 Å². The molecular formula is C48H33N3O. The second kappa shape index (κ2) is 11.1. The van der Waals surface area contributed by atoms with Crippen molar-refractivity contribution in [2.75, 3.05) is 4.90 Å². The number of furan rings is 1. The van der Waals surface area contributed by atoms with Gasteiger partial charge < -0.3 is 18.5 Å². The Hall–Kier alpha value is -6.78. The summed E-state index contributed by atoms with van der Waals surface area (Å²) in [7, 11) is 0. The predicted molar refractivity (Wildman–Crippen MR) is 216 cm³/mol. The van der Waals surface area contributed by atoms with Crippen molar-refractivity contribution in [2.24, 2.45) is 0 Å². The molecule has 0 atom stereocenters. The zero-order valence-electron chi connectivity index (χ0n) is 28.5. The van der Waals surface area contributed by atoms with E-state index in [1.807, 2.05) is 6.07 Å². The molecule has 4 heterocycles. The molecule has 0 bridgehead atoms. The summed E-state index contributed by atoms with van der Waals surface area (Å²) in [5.74, 6) is 0.857. The molecule has 7 aromatic carbocycles. The van der Waals surface area contributed by atoms with Gasteiger partial charge in [-0.15, -0.1) is 0 Å². The fraction of sp³-hybridized carbons (Fsp3) is 0.0417. The Morgan fingerprint density at radius 1 is 0.442 bits per heavy atom. The first-order chi connectivity index (χ1) is 25.7. The maximum absolute atomic E-state index is 6.59.